The Morgan fingerprint density at radius 3 is 2.32 bits per heavy atom. The Morgan fingerprint density at radius 2 is 1.68 bits per heavy atom. The highest BCUT2D eigenvalue weighted by molar-refractivity contribution is 6.06. The molecule has 0 aliphatic carbocycles. The molecule has 22 heavy (non-hydrogen) atoms. The summed E-state index contributed by atoms with van der Waals surface area (Å²) in [7, 11) is 3.20. The Labute approximate surface area is 128 Å². The summed E-state index contributed by atoms with van der Waals surface area (Å²) in [6, 6.07) is 9.30. The average Bonchev–Trinajstić information content (AvgIpc) is 2.53. The molecule has 1 aromatic heterocycles. The Balaban J connectivity index is 2.49. The third kappa shape index (κ3) is 2.11. The lowest BCUT2D eigenvalue weighted by molar-refractivity contribution is 0.406. The summed E-state index contributed by atoms with van der Waals surface area (Å²) in [4.78, 5) is 12.4. The first-order valence-electron chi connectivity index (χ1n) is 7.18. The Bertz CT molecular complexity index is 906. The van der Waals surface area contributed by atoms with Gasteiger partial charge in [-0.2, -0.15) is 0 Å². The maximum Gasteiger partial charge on any atom is 0.344 e. The Hall–Kier alpha value is -2.49. The van der Waals surface area contributed by atoms with Crippen molar-refractivity contribution in [3.8, 4) is 11.5 Å². The molecule has 1 heterocycles. The van der Waals surface area contributed by atoms with Crippen molar-refractivity contribution < 1.29 is 13.9 Å². The van der Waals surface area contributed by atoms with Gasteiger partial charge in [0.05, 0.1) is 19.6 Å². The van der Waals surface area contributed by atoms with Crippen LogP contribution in [0.1, 0.15) is 25.3 Å². The fourth-order valence-corrected chi connectivity index (χ4v) is 2.83. The summed E-state index contributed by atoms with van der Waals surface area (Å²) in [5, 5.41) is 2.28. The van der Waals surface area contributed by atoms with Gasteiger partial charge < -0.3 is 13.9 Å². The standard InChI is InChI=1S/C18H18O4/c1-10(2)16-15(21-4)8-7-13-12-6-5-11(20-3)9-14(12)18(19)22-17(13)16/h5-10H,1-4H3. The van der Waals surface area contributed by atoms with Gasteiger partial charge in [0.25, 0.3) is 0 Å². The van der Waals surface area contributed by atoms with E-state index < -0.39 is 0 Å². The average molecular weight is 298 g/mol. The fraction of sp³-hybridized carbons (Fsp3) is 0.278. The van der Waals surface area contributed by atoms with Crippen LogP contribution in [-0.2, 0) is 0 Å². The van der Waals surface area contributed by atoms with Crippen LogP contribution in [0, 0.1) is 0 Å². The predicted molar refractivity (Wildman–Crippen MR) is 87.2 cm³/mol. The molecule has 0 bridgehead atoms. The van der Waals surface area contributed by atoms with Gasteiger partial charge in [-0.25, -0.2) is 4.79 Å². The number of benzene rings is 2. The van der Waals surface area contributed by atoms with Crippen LogP contribution in [0.15, 0.2) is 39.5 Å². The second kappa shape index (κ2) is 5.37. The number of fused-ring (bicyclic) bond motifs is 3. The lowest BCUT2D eigenvalue weighted by Gasteiger charge is -2.14. The zero-order valence-electron chi connectivity index (χ0n) is 13.1. The highest BCUT2D eigenvalue weighted by Gasteiger charge is 2.17. The lowest BCUT2D eigenvalue weighted by Crippen LogP contribution is -2.03. The number of ether oxygens (including phenoxy) is 2. The van der Waals surface area contributed by atoms with Crippen molar-refractivity contribution >= 4 is 21.7 Å². The van der Waals surface area contributed by atoms with Crippen molar-refractivity contribution in [2.24, 2.45) is 0 Å². The molecule has 0 N–H and O–H groups in total. The molecule has 114 valence electrons. The highest BCUT2D eigenvalue weighted by atomic mass is 16.5. The maximum absolute atomic E-state index is 12.4. The van der Waals surface area contributed by atoms with E-state index in [-0.39, 0.29) is 11.5 Å². The lowest BCUT2D eigenvalue weighted by atomic mass is 9.97. The quantitative estimate of drug-likeness (QED) is 0.540. The molecule has 0 aliphatic rings. The van der Waals surface area contributed by atoms with E-state index in [0.29, 0.717) is 16.7 Å². The van der Waals surface area contributed by atoms with Crippen LogP contribution < -0.4 is 15.1 Å². The van der Waals surface area contributed by atoms with Gasteiger partial charge in [0, 0.05) is 16.3 Å². The number of hydrogen-bond acceptors (Lipinski definition) is 4. The van der Waals surface area contributed by atoms with E-state index >= 15 is 0 Å². The SMILES string of the molecule is COc1ccc2c(c1)c(=O)oc1c(C(C)C)c(OC)ccc12. The summed E-state index contributed by atoms with van der Waals surface area (Å²) >= 11 is 0. The summed E-state index contributed by atoms with van der Waals surface area (Å²) in [6.07, 6.45) is 0. The van der Waals surface area contributed by atoms with Gasteiger partial charge in [-0.1, -0.05) is 13.8 Å². The molecule has 0 amide bonds. The third-order valence-corrected chi connectivity index (χ3v) is 3.88. The zero-order valence-corrected chi connectivity index (χ0v) is 13.1. The molecule has 2 aromatic carbocycles. The first-order valence-corrected chi connectivity index (χ1v) is 7.18. The van der Waals surface area contributed by atoms with Crippen LogP contribution in [0.5, 0.6) is 11.5 Å². The summed E-state index contributed by atoms with van der Waals surface area (Å²) in [5.41, 5.74) is 1.14. The molecule has 4 heteroatoms. The van der Waals surface area contributed by atoms with Crippen molar-refractivity contribution in [3.05, 3.63) is 46.3 Å². The molecule has 0 spiro atoms. The van der Waals surface area contributed by atoms with Crippen LogP contribution >= 0.6 is 0 Å². The van der Waals surface area contributed by atoms with Gasteiger partial charge in [-0.05, 0) is 36.2 Å². The molecule has 3 aromatic rings. The van der Waals surface area contributed by atoms with E-state index in [0.717, 1.165) is 22.1 Å². The van der Waals surface area contributed by atoms with Gasteiger partial charge >= 0.3 is 5.63 Å². The van der Waals surface area contributed by atoms with Gasteiger partial charge in [0.2, 0.25) is 0 Å². The number of rotatable bonds is 3. The minimum atomic E-state index is -0.364. The molecule has 0 radical (unpaired) electrons. The second-order valence-electron chi connectivity index (χ2n) is 5.51. The smallest absolute Gasteiger partial charge is 0.344 e. The number of hydrogen-bond donors (Lipinski definition) is 0. The van der Waals surface area contributed by atoms with Crippen molar-refractivity contribution in [1.82, 2.24) is 0 Å². The van der Waals surface area contributed by atoms with Gasteiger partial charge in [-0.3, -0.25) is 0 Å². The van der Waals surface area contributed by atoms with Crippen molar-refractivity contribution in [1.29, 1.82) is 0 Å². The minimum Gasteiger partial charge on any atom is -0.497 e. The van der Waals surface area contributed by atoms with Gasteiger partial charge in [-0.15, -0.1) is 0 Å². The van der Waals surface area contributed by atoms with E-state index in [2.05, 4.69) is 13.8 Å². The fourth-order valence-electron chi connectivity index (χ4n) is 2.83. The topological polar surface area (TPSA) is 48.7 Å². The van der Waals surface area contributed by atoms with Crippen LogP contribution in [0.25, 0.3) is 21.7 Å². The molecular formula is C18H18O4. The van der Waals surface area contributed by atoms with Crippen LogP contribution in [0.4, 0.5) is 0 Å². The summed E-state index contributed by atoms with van der Waals surface area (Å²) in [5.74, 6) is 1.55. The van der Waals surface area contributed by atoms with Gasteiger partial charge in [0.1, 0.15) is 17.1 Å². The monoisotopic (exact) mass is 298 g/mol. The van der Waals surface area contributed by atoms with Gasteiger partial charge in [0.15, 0.2) is 0 Å². The van der Waals surface area contributed by atoms with Crippen LogP contribution in [0.3, 0.4) is 0 Å². The Morgan fingerprint density at radius 1 is 0.955 bits per heavy atom. The predicted octanol–water partition coefficient (Wildman–Crippen LogP) is 4.09. The molecule has 0 fully saturated rings. The van der Waals surface area contributed by atoms with E-state index in [1.54, 1.807) is 20.3 Å². The summed E-state index contributed by atoms with van der Waals surface area (Å²) < 4.78 is 16.2. The van der Waals surface area contributed by atoms with E-state index in [4.69, 9.17) is 13.9 Å². The second-order valence-corrected chi connectivity index (χ2v) is 5.51. The van der Waals surface area contributed by atoms with E-state index in [1.807, 2.05) is 24.3 Å². The summed E-state index contributed by atoms with van der Waals surface area (Å²) in [6.45, 7) is 4.10. The van der Waals surface area contributed by atoms with Crippen molar-refractivity contribution in [3.63, 3.8) is 0 Å². The van der Waals surface area contributed by atoms with E-state index in [9.17, 15) is 4.79 Å². The Kier molecular flexibility index (Phi) is 3.53. The molecular weight excluding hydrogens is 280 g/mol. The molecule has 0 saturated heterocycles. The first kappa shape index (κ1) is 14.4. The zero-order chi connectivity index (χ0) is 15.9. The van der Waals surface area contributed by atoms with Crippen molar-refractivity contribution in [2.75, 3.05) is 14.2 Å². The largest absolute Gasteiger partial charge is 0.497 e. The van der Waals surface area contributed by atoms with Crippen LogP contribution in [0.2, 0.25) is 0 Å². The molecule has 0 saturated carbocycles. The number of methoxy groups -OCH3 is 2. The molecule has 0 unspecified atom stereocenters. The highest BCUT2D eigenvalue weighted by Crippen LogP contribution is 2.36. The molecule has 0 aliphatic heterocycles. The maximum atomic E-state index is 12.4. The molecule has 0 atom stereocenters. The minimum absolute atomic E-state index is 0.178. The third-order valence-electron chi connectivity index (χ3n) is 3.88. The molecule has 3 rings (SSSR count). The van der Waals surface area contributed by atoms with E-state index in [1.165, 1.54) is 0 Å². The van der Waals surface area contributed by atoms with Crippen LogP contribution in [-0.4, -0.2) is 14.2 Å². The molecule has 4 nitrogen and oxygen atoms in total. The van der Waals surface area contributed by atoms with Crippen molar-refractivity contribution in [2.45, 2.75) is 19.8 Å². The normalized spacial score (nSPS) is 11.3. The first-order chi connectivity index (χ1) is 10.6.